The molecule has 3 nitrogen and oxygen atoms in total. The molecule has 1 aromatic rings. The zero-order valence-corrected chi connectivity index (χ0v) is 15.7. The van der Waals surface area contributed by atoms with Crippen LogP contribution in [0, 0.1) is 0 Å². The van der Waals surface area contributed by atoms with Crippen LogP contribution in [0.3, 0.4) is 0 Å². The summed E-state index contributed by atoms with van der Waals surface area (Å²) >= 11 is 3.47. The van der Waals surface area contributed by atoms with Gasteiger partial charge in [-0.2, -0.15) is 0 Å². The molecule has 22 heavy (non-hydrogen) atoms. The van der Waals surface area contributed by atoms with E-state index >= 15 is 0 Å². The highest BCUT2D eigenvalue weighted by molar-refractivity contribution is 9.10. The van der Waals surface area contributed by atoms with Gasteiger partial charge in [0.15, 0.2) is 0 Å². The third kappa shape index (κ3) is 4.24. The minimum Gasteiger partial charge on any atom is -0.489 e. The van der Waals surface area contributed by atoms with Gasteiger partial charge in [-0.1, -0.05) is 12.1 Å². The molecule has 0 spiro atoms. The molecule has 1 aliphatic rings. The molecule has 124 valence electrons. The molecule has 0 aromatic heterocycles. The van der Waals surface area contributed by atoms with E-state index in [1.165, 1.54) is 24.2 Å². The molecule has 0 unspecified atom stereocenters. The minimum atomic E-state index is -0.459. The van der Waals surface area contributed by atoms with Crippen LogP contribution in [0.1, 0.15) is 47.0 Å². The van der Waals surface area contributed by atoms with Crippen LogP contribution in [0.5, 0.6) is 5.75 Å². The van der Waals surface area contributed by atoms with E-state index in [-0.39, 0.29) is 11.1 Å². The Morgan fingerprint density at radius 2 is 1.77 bits per heavy atom. The summed E-state index contributed by atoms with van der Waals surface area (Å²) in [7, 11) is 0. The van der Waals surface area contributed by atoms with Crippen LogP contribution in [0.2, 0.25) is 0 Å². The molecule has 0 bridgehead atoms. The molecule has 1 saturated heterocycles. The van der Waals surface area contributed by atoms with Crippen LogP contribution in [0.4, 0.5) is 0 Å². The van der Waals surface area contributed by atoms with Crippen LogP contribution < -0.4 is 9.64 Å². The Bertz CT molecular complexity index is 486. The van der Waals surface area contributed by atoms with Gasteiger partial charge in [-0.25, -0.2) is 0 Å². The Balaban J connectivity index is 1.95. The average molecular weight is 371 g/mol. The van der Waals surface area contributed by atoms with Crippen molar-refractivity contribution < 1.29 is 14.7 Å². The number of ether oxygens (including phenoxy) is 1. The van der Waals surface area contributed by atoms with Gasteiger partial charge >= 0.3 is 0 Å². The van der Waals surface area contributed by atoms with Gasteiger partial charge in [-0.05, 0) is 62.2 Å². The van der Waals surface area contributed by atoms with Crippen molar-refractivity contribution in [3.05, 3.63) is 28.7 Å². The van der Waals surface area contributed by atoms with E-state index < -0.39 is 6.10 Å². The number of likely N-dealkylation sites (tertiary alicyclic amines) is 1. The number of nitrogens with one attached hydrogen (secondary N) is 1. The quantitative estimate of drug-likeness (QED) is 0.835. The van der Waals surface area contributed by atoms with Crippen molar-refractivity contribution in [2.75, 3.05) is 13.2 Å². The second-order valence-corrected chi connectivity index (χ2v) is 8.55. The predicted molar refractivity (Wildman–Crippen MR) is 93.5 cm³/mol. The zero-order valence-electron chi connectivity index (χ0n) is 14.2. The maximum atomic E-state index is 10.5. The number of quaternary nitrogens is 1. The summed E-state index contributed by atoms with van der Waals surface area (Å²) in [4.78, 5) is 1.48. The zero-order chi connectivity index (χ0) is 16.4. The third-order valence-electron chi connectivity index (χ3n) is 4.95. The molecule has 1 aliphatic heterocycles. The molecule has 1 fully saturated rings. The lowest BCUT2D eigenvalue weighted by atomic mass is 9.79. The van der Waals surface area contributed by atoms with Gasteiger partial charge in [-0.15, -0.1) is 0 Å². The van der Waals surface area contributed by atoms with Crippen molar-refractivity contribution in [1.29, 1.82) is 0 Å². The Morgan fingerprint density at radius 3 is 2.36 bits per heavy atom. The first kappa shape index (κ1) is 17.8. The largest absolute Gasteiger partial charge is 0.489 e. The molecule has 1 atom stereocenters. The smallest absolute Gasteiger partial charge is 0.137 e. The molecule has 0 amide bonds. The molecular formula is C18H29BrNO2+. The number of halogens is 1. The number of aliphatic hydroxyl groups excluding tert-OH is 1. The number of aliphatic hydroxyl groups is 1. The van der Waals surface area contributed by atoms with Gasteiger partial charge in [0.25, 0.3) is 0 Å². The number of hydrogen-bond acceptors (Lipinski definition) is 2. The lowest BCUT2D eigenvalue weighted by Gasteiger charge is -2.50. The van der Waals surface area contributed by atoms with E-state index in [4.69, 9.17) is 4.74 Å². The summed E-state index contributed by atoms with van der Waals surface area (Å²) in [5.74, 6) is 0.786. The van der Waals surface area contributed by atoms with E-state index in [2.05, 4.69) is 43.6 Å². The molecule has 0 saturated carbocycles. The van der Waals surface area contributed by atoms with Crippen LogP contribution >= 0.6 is 15.9 Å². The van der Waals surface area contributed by atoms with Crippen LogP contribution in [0.15, 0.2) is 28.7 Å². The first-order chi connectivity index (χ1) is 10.2. The summed E-state index contributed by atoms with van der Waals surface area (Å²) in [6.07, 6.45) is 3.24. The Kier molecular flexibility index (Phi) is 5.57. The van der Waals surface area contributed by atoms with Crippen molar-refractivity contribution in [3.8, 4) is 5.75 Å². The topological polar surface area (TPSA) is 33.9 Å². The fourth-order valence-electron chi connectivity index (χ4n) is 3.78. The lowest BCUT2D eigenvalue weighted by Crippen LogP contribution is -3.27. The fraction of sp³-hybridized carbons (Fsp3) is 0.667. The molecule has 4 heteroatoms. The summed E-state index contributed by atoms with van der Waals surface area (Å²) < 4.78 is 6.69. The standard InChI is InChI=1S/C18H28BrNO2/c1-17(2)10-7-11-18(3,4)20(17)12-14(21)13-22-16-9-6-5-8-15(16)19/h5-6,8-9,14,21H,7,10-13H2,1-4H3/p+1/t14-/m0/s1. The van der Waals surface area contributed by atoms with Gasteiger partial charge in [0.2, 0.25) is 0 Å². The maximum absolute atomic E-state index is 10.5. The minimum absolute atomic E-state index is 0.204. The second-order valence-electron chi connectivity index (χ2n) is 7.70. The van der Waals surface area contributed by atoms with E-state index in [9.17, 15) is 5.11 Å². The normalized spacial score (nSPS) is 22.3. The third-order valence-corrected chi connectivity index (χ3v) is 5.60. The summed E-state index contributed by atoms with van der Waals surface area (Å²) in [6.45, 7) is 10.3. The molecular weight excluding hydrogens is 342 g/mol. The highest BCUT2D eigenvalue weighted by Gasteiger charge is 2.45. The van der Waals surface area contributed by atoms with Gasteiger partial charge in [0, 0.05) is 12.8 Å². The molecule has 2 N–H and O–H groups in total. The molecule has 1 heterocycles. The average Bonchev–Trinajstić information content (AvgIpc) is 2.42. The number of rotatable bonds is 5. The summed E-state index contributed by atoms with van der Waals surface area (Å²) in [6, 6.07) is 7.76. The Morgan fingerprint density at radius 1 is 1.18 bits per heavy atom. The van der Waals surface area contributed by atoms with E-state index in [1.54, 1.807) is 0 Å². The molecule has 2 rings (SSSR count). The van der Waals surface area contributed by atoms with Crippen molar-refractivity contribution in [1.82, 2.24) is 0 Å². The van der Waals surface area contributed by atoms with Crippen LogP contribution in [-0.2, 0) is 0 Å². The van der Waals surface area contributed by atoms with Crippen LogP contribution in [-0.4, -0.2) is 35.4 Å². The van der Waals surface area contributed by atoms with E-state index in [0.29, 0.717) is 6.61 Å². The van der Waals surface area contributed by atoms with Crippen molar-refractivity contribution >= 4 is 15.9 Å². The monoisotopic (exact) mass is 370 g/mol. The SMILES string of the molecule is CC1(C)CCCC(C)(C)[NH+]1C[C@H](O)COc1ccccc1Br. The van der Waals surface area contributed by atoms with Gasteiger partial charge in [0.05, 0.1) is 15.6 Å². The second kappa shape index (κ2) is 6.90. The van der Waals surface area contributed by atoms with Gasteiger partial charge in [0.1, 0.15) is 25.0 Å². The van der Waals surface area contributed by atoms with Crippen LogP contribution in [0.25, 0.3) is 0 Å². The first-order valence-corrected chi connectivity index (χ1v) is 8.94. The fourth-order valence-corrected chi connectivity index (χ4v) is 4.18. The highest BCUT2D eigenvalue weighted by Crippen LogP contribution is 2.25. The van der Waals surface area contributed by atoms with Gasteiger partial charge < -0.3 is 14.7 Å². The first-order valence-electron chi connectivity index (χ1n) is 8.14. The molecule has 0 radical (unpaired) electrons. The van der Waals surface area contributed by atoms with Gasteiger partial charge in [-0.3, -0.25) is 0 Å². The van der Waals surface area contributed by atoms with E-state index in [0.717, 1.165) is 16.8 Å². The number of benzene rings is 1. The van der Waals surface area contributed by atoms with E-state index in [1.807, 2.05) is 24.3 Å². The van der Waals surface area contributed by atoms with Crippen molar-refractivity contribution in [2.45, 2.75) is 64.1 Å². The maximum Gasteiger partial charge on any atom is 0.137 e. The van der Waals surface area contributed by atoms with Crippen molar-refractivity contribution in [2.24, 2.45) is 0 Å². The lowest BCUT2D eigenvalue weighted by molar-refractivity contribution is -1.00. The predicted octanol–water partition coefficient (Wildman–Crippen LogP) is 2.81. The highest BCUT2D eigenvalue weighted by atomic mass is 79.9. The number of piperidine rings is 1. The Hall–Kier alpha value is -0.580. The Labute approximate surface area is 142 Å². The number of para-hydroxylation sites is 1. The molecule has 1 aromatic carbocycles. The summed E-state index contributed by atoms with van der Waals surface area (Å²) in [5.41, 5.74) is 0.409. The number of hydrogen-bond donors (Lipinski definition) is 2. The molecule has 0 aliphatic carbocycles. The van der Waals surface area contributed by atoms with Crippen molar-refractivity contribution in [3.63, 3.8) is 0 Å². The summed E-state index contributed by atoms with van der Waals surface area (Å²) in [5, 5.41) is 10.5.